The highest BCUT2D eigenvalue weighted by molar-refractivity contribution is 7.91. The number of benzene rings is 1. The molecule has 0 spiro atoms. The van der Waals surface area contributed by atoms with Crippen LogP contribution in [-0.2, 0) is 9.84 Å². The van der Waals surface area contributed by atoms with Crippen LogP contribution in [0.25, 0.3) is 0 Å². The summed E-state index contributed by atoms with van der Waals surface area (Å²) in [6, 6.07) is 2.83. The Bertz CT molecular complexity index is 712. The molecule has 2 unspecified atom stereocenters. The van der Waals surface area contributed by atoms with Gasteiger partial charge in [-0.2, -0.15) is 0 Å². The number of ether oxygens (including phenoxy) is 1. The predicted molar refractivity (Wildman–Crippen MR) is 93.1 cm³/mol. The summed E-state index contributed by atoms with van der Waals surface area (Å²) in [6.45, 7) is 4.40. The van der Waals surface area contributed by atoms with Crippen molar-refractivity contribution in [3.05, 3.63) is 17.7 Å². The van der Waals surface area contributed by atoms with Crippen molar-refractivity contribution in [2.75, 3.05) is 25.1 Å². The summed E-state index contributed by atoms with van der Waals surface area (Å²) in [4.78, 5) is 12.6. The van der Waals surface area contributed by atoms with Crippen LogP contribution in [0.15, 0.2) is 17.0 Å². The average molecular weight is 355 g/mol. The van der Waals surface area contributed by atoms with Gasteiger partial charge in [0.15, 0.2) is 9.84 Å². The van der Waals surface area contributed by atoms with Crippen molar-refractivity contribution in [1.29, 1.82) is 0 Å². The summed E-state index contributed by atoms with van der Waals surface area (Å²) in [5.74, 6) is -0.209. The lowest BCUT2D eigenvalue weighted by Gasteiger charge is -2.22. The number of amides is 1. The van der Waals surface area contributed by atoms with E-state index in [2.05, 4.69) is 10.6 Å². The van der Waals surface area contributed by atoms with Crippen LogP contribution in [0.5, 0.6) is 5.75 Å². The molecule has 1 heterocycles. The number of sulfone groups is 1. The van der Waals surface area contributed by atoms with Gasteiger partial charge in [-0.1, -0.05) is 6.92 Å². The number of rotatable bonds is 6. The zero-order valence-electron chi connectivity index (χ0n) is 14.3. The number of nitrogens with one attached hydrogen (secondary N) is 2. The second kappa shape index (κ2) is 7.40. The lowest BCUT2D eigenvalue weighted by molar-refractivity contribution is 0.0930. The van der Waals surface area contributed by atoms with Gasteiger partial charge in [-0.3, -0.25) is 4.79 Å². The maximum Gasteiger partial charge on any atom is 0.255 e. The van der Waals surface area contributed by atoms with E-state index in [4.69, 9.17) is 10.5 Å². The van der Waals surface area contributed by atoms with Gasteiger partial charge in [-0.05, 0) is 32.4 Å². The zero-order chi connectivity index (χ0) is 17.9. The second-order valence-electron chi connectivity index (χ2n) is 5.96. The van der Waals surface area contributed by atoms with Crippen molar-refractivity contribution < 1.29 is 17.9 Å². The van der Waals surface area contributed by atoms with E-state index in [0.717, 1.165) is 19.4 Å². The van der Waals surface area contributed by atoms with E-state index in [1.54, 1.807) is 0 Å². The van der Waals surface area contributed by atoms with Gasteiger partial charge in [0, 0.05) is 18.2 Å². The molecule has 1 saturated heterocycles. The van der Waals surface area contributed by atoms with Gasteiger partial charge in [-0.15, -0.1) is 0 Å². The normalized spacial score (nSPS) is 19.0. The zero-order valence-corrected chi connectivity index (χ0v) is 15.1. The van der Waals surface area contributed by atoms with Crippen molar-refractivity contribution in [2.24, 2.45) is 0 Å². The third kappa shape index (κ3) is 3.81. The summed E-state index contributed by atoms with van der Waals surface area (Å²) in [5, 5.41) is 6.25. The molecule has 134 valence electrons. The quantitative estimate of drug-likeness (QED) is 0.655. The molecule has 1 aromatic carbocycles. The summed E-state index contributed by atoms with van der Waals surface area (Å²) in [5.41, 5.74) is 6.08. The summed E-state index contributed by atoms with van der Waals surface area (Å²) in [6.07, 6.45) is 2.07. The molecule has 2 atom stereocenters. The van der Waals surface area contributed by atoms with E-state index in [9.17, 15) is 13.2 Å². The molecule has 1 aliphatic heterocycles. The van der Waals surface area contributed by atoms with Gasteiger partial charge in [0.05, 0.1) is 29.0 Å². The first-order valence-electron chi connectivity index (χ1n) is 8.04. The van der Waals surface area contributed by atoms with Crippen molar-refractivity contribution in [3.63, 3.8) is 0 Å². The van der Waals surface area contributed by atoms with Crippen molar-refractivity contribution in [3.8, 4) is 5.75 Å². The van der Waals surface area contributed by atoms with E-state index < -0.39 is 9.84 Å². The maximum absolute atomic E-state index is 12.6. The minimum atomic E-state index is -3.53. The van der Waals surface area contributed by atoms with Gasteiger partial charge < -0.3 is 21.1 Å². The molecule has 4 N–H and O–H groups in total. The molecule has 24 heavy (non-hydrogen) atoms. The molecule has 1 aromatic rings. The number of methoxy groups -OCH3 is 1. The molecule has 1 amide bonds. The fourth-order valence-corrected chi connectivity index (χ4v) is 3.90. The highest BCUT2D eigenvalue weighted by atomic mass is 32.2. The second-order valence-corrected chi connectivity index (χ2v) is 8.21. The number of carbonyl (C=O) groups excluding carboxylic acids is 1. The highest BCUT2D eigenvalue weighted by Gasteiger charge is 2.26. The van der Waals surface area contributed by atoms with Crippen LogP contribution in [0.3, 0.4) is 0 Å². The standard InChI is InChI=1S/C16H25N3O4S/c1-4-24(21,22)15-8-11(14(23-3)9-12(15)17)16(20)19-10(2)13-6-5-7-18-13/h8-10,13,18H,4-7,17H2,1-3H3,(H,19,20). The first-order chi connectivity index (χ1) is 11.3. The monoisotopic (exact) mass is 355 g/mol. The molecule has 1 aliphatic rings. The van der Waals surface area contributed by atoms with Gasteiger partial charge in [0.1, 0.15) is 5.75 Å². The smallest absolute Gasteiger partial charge is 0.255 e. The SMILES string of the molecule is CCS(=O)(=O)c1cc(C(=O)NC(C)C2CCCN2)c(OC)cc1N. The van der Waals surface area contributed by atoms with Crippen molar-refractivity contribution >= 4 is 21.4 Å². The Morgan fingerprint density at radius 3 is 2.75 bits per heavy atom. The Hall–Kier alpha value is -1.80. The summed E-state index contributed by atoms with van der Waals surface area (Å²) in [7, 11) is -2.11. The number of carbonyl (C=O) groups is 1. The molecule has 1 fully saturated rings. The number of nitrogens with two attached hydrogens (primary N) is 1. The van der Waals surface area contributed by atoms with Gasteiger partial charge in [0.2, 0.25) is 0 Å². The van der Waals surface area contributed by atoms with Gasteiger partial charge in [0.25, 0.3) is 5.91 Å². The molecular weight excluding hydrogens is 330 g/mol. The number of nitrogen functional groups attached to an aromatic ring is 1. The molecular formula is C16H25N3O4S. The fraction of sp³-hybridized carbons (Fsp3) is 0.562. The molecule has 2 rings (SSSR count). The number of hydrogen-bond donors (Lipinski definition) is 3. The van der Waals surface area contributed by atoms with Crippen LogP contribution in [0.1, 0.15) is 37.0 Å². The average Bonchev–Trinajstić information content (AvgIpc) is 3.08. The lowest BCUT2D eigenvalue weighted by atomic mass is 10.1. The Labute approximate surface area is 142 Å². The van der Waals surface area contributed by atoms with Crippen LogP contribution in [-0.4, -0.2) is 45.8 Å². The van der Waals surface area contributed by atoms with Crippen LogP contribution in [0.2, 0.25) is 0 Å². The molecule has 7 nitrogen and oxygen atoms in total. The van der Waals surface area contributed by atoms with E-state index in [-0.39, 0.29) is 45.6 Å². The third-order valence-corrected chi connectivity index (χ3v) is 6.14. The van der Waals surface area contributed by atoms with Crippen LogP contribution in [0.4, 0.5) is 5.69 Å². The molecule has 0 aliphatic carbocycles. The van der Waals surface area contributed by atoms with Crippen LogP contribution >= 0.6 is 0 Å². The molecule has 0 saturated carbocycles. The highest BCUT2D eigenvalue weighted by Crippen LogP contribution is 2.29. The summed E-state index contributed by atoms with van der Waals surface area (Å²) >= 11 is 0. The predicted octanol–water partition coefficient (Wildman–Crippen LogP) is 0.941. The Kier molecular flexibility index (Phi) is 5.71. The molecule has 8 heteroatoms. The third-order valence-electron chi connectivity index (χ3n) is 4.35. The van der Waals surface area contributed by atoms with Crippen LogP contribution < -0.4 is 21.1 Å². The summed E-state index contributed by atoms with van der Waals surface area (Å²) < 4.78 is 29.5. The maximum atomic E-state index is 12.6. The Morgan fingerprint density at radius 1 is 1.50 bits per heavy atom. The van der Waals surface area contributed by atoms with E-state index in [1.165, 1.54) is 26.2 Å². The van der Waals surface area contributed by atoms with Gasteiger partial charge in [-0.25, -0.2) is 8.42 Å². The first-order valence-corrected chi connectivity index (χ1v) is 9.70. The minimum absolute atomic E-state index is 0.0393. The van der Waals surface area contributed by atoms with E-state index in [1.807, 2.05) is 6.92 Å². The fourth-order valence-electron chi connectivity index (χ4n) is 2.87. The first kappa shape index (κ1) is 18.5. The van der Waals surface area contributed by atoms with E-state index in [0.29, 0.717) is 0 Å². The van der Waals surface area contributed by atoms with E-state index >= 15 is 0 Å². The van der Waals surface area contributed by atoms with Gasteiger partial charge >= 0.3 is 0 Å². The van der Waals surface area contributed by atoms with Crippen LogP contribution in [0, 0.1) is 0 Å². The Morgan fingerprint density at radius 2 is 2.21 bits per heavy atom. The topological polar surface area (TPSA) is 111 Å². The lowest BCUT2D eigenvalue weighted by Crippen LogP contribution is -2.45. The Balaban J connectivity index is 2.33. The largest absolute Gasteiger partial charge is 0.496 e. The molecule has 0 aromatic heterocycles. The number of hydrogen-bond acceptors (Lipinski definition) is 6. The van der Waals surface area contributed by atoms with Crippen molar-refractivity contribution in [1.82, 2.24) is 10.6 Å². The van der Waals surface area contributed by atoms with Crippen molar-refractivity contribution in [2.45, 2.75) is 43.7 Å². The molecule has 0 bridgehead atoms. The molecule has 0 radical (unpaired) electrons. The minimum Gasteiger partial charge on any atom is -0.496 e. The number of anilines is 1.